The quantitative estimate of drug-likeness (QED) is 0.747. The number of nitrogens with zero attached hydrogens (tertiary/aromatic N) is 2. The summed E-state index contributed by atoms with van der Waals surface area (Å²) in [5, 5.41) is 9.35. The first kappa shape index (κ1) is 16.7. The summed E-state index contributed by atoms with van der Waals surface area (Å²) in [4.78, 5) is 27.4. The predicted molar refractivity (Wildman–Crippen MR) is 83.9 cm³/mol. The molecule has 0 saturated carbocycles. The van der Waals surface area contributed by atoms with Gasteiger partial charge in [0, 0.05) is 37.5 Å². The summed E-state index contributed by atoms with van der Waals surface area (Å²) in [7, 11) is 0. The summed E-state index contributed by atoms with van der Waals surface area (Å²) in [6.45, 7) is 4.44. The van der Waals surface area contributed by atoms with Crippen LogP contribution in [0, 0.1) is 13.8 Å². The minimum atomic E-state index is -0.205. The molecule has 0 fully saturated rings. The molecule has 2 rings (SSSR count). The van der Waals surface area contributed by atoms with Crippen LogP contribution in [0.2, 0.25) is 0 Å². The zero-order chi connectivity index (χ0) is 16.7. The Morgan fingerprint density at radius 3 is 2.65 bits per heavy atom. The van der Waals surface area contributed by atoms with Crippen molar-refractivity contribution >= 4 is 11.8 Å². The summed E-state index contributed by atoms with van der Waals surface area (Å²) in [6.07, 6.45) is 4.06. The van der Waals surface area contributed by atoms with Crippen molar-refractivity contribution in [2.75, 3.05) is 13.1 Å². The number of amides is 2. The molecule has 2 heterocycles. The smallest absolute Gasteiger partial charge is 0.252 e. The average molecular weight is 316 g/mol. The second-order valence-corrected chi connectivity index (χ2v) is 5.15. The minimum Gasteiger partial charge on any atom is -0.361 e. The van der Waals surface area contributed by atoms with Gasteiger partial charge in [0.05, 0.1) is 11.3 Å². The van der Waals surface area contributed by atoms with Crippen molar-refractivity contribution in [2.24, 2.45) is 0 Å². The van der Waals surface area contributed by atoms with E-state index in [1.807, 2.05) is 13.8 Å². The molecule has 7 nitrogen and oxygen atoms in total. The van der Waals surface area contributed by atoms with Gasteiger partial charge in [0.2, 0.25) is 5.91 Å². The summed E-state index contributed by atoms with van der Waals surface area (Å²) in [6, 6.07) is 3.38. The third-order valence-electron chi connectivity index (χ3n) is 3.44. The summed E-state index contributed by atoms with van der Waals surface area (Å²) in [5.74, 6) is 0.475. The number of carbonyl (C=O) groups is 2. The van der Waals surface area contributed by atoms with Gasteiger partial charge in [0.1, 0.15) is 5.76 Å². The zero-order valence-corrected chi connectivity index (χ0v) is 13.3. The molecule has 0 atom stereocenters. The van der Waals surface area contributed by atoms with Gasteiger partial charge in [-0.2, -0.15) is 0 Å². The topological polar surface area (TPSA) is 97.1 Å². The Morgan fingerprint density at radius 2 is 2.00 bits per heavy atom. The van der Waals surface area contributed by atoms with Crippen LogP contribution in [0.4, 0.5) is 0 Å². The minimum absolute atomic E-state index is 0.0689. The van der Waals surface area contributed by atoms with Crippen LogP contribution >= 0.6 is 0 Å². The molecule has 0 bridgehead atoms. The summed E-state index contributed by atoms with van der Waals surface area (Å²) < 4.78 is 5.06. The molecule has 0 radical (unpaired) electrons. The van der Waals surface area contributed by atoms with Crippen LogP contribution < -0.4 is 10.6 Å². The molecule has 0 unspecified atom stereocenters. The number of rotatable bonds is 7. The molecule has 2 N–H and O–H groups in total. The van der Waals surface area contributed by atoms with Crippen LogP contribution in [0.25, 0.3) is 0 Å². The molecule has 2 aromatic rings. The highest BCUT2D eigenvalue weighted by atomic mass is 16.5. The van der Waals surface area contributed by atoms with Crippen molar-refractivity contribution < 1.29 is 14.1 Å². The van der Waals surface area contributed by atoms with Gasteiger partial charge < -0.3 is 15.2 Å². The number of aryl methyl sites for hydroxylation is 2. The number of hydrogen-bond donors (Lipinski definition) is 2. The van der Waals surface area contributed by atoms with E-state index in [2.05, 4.69) is 20.8 Å². The van der Waals surface area contributed by atoms with Crippen molar-refractivity contribution in [2.45, 2.75) is 26.7 Å². The zero-order valence-electron chi connectivity index (χ0n) is 13.3. The van der Waals surface area contributed by atoms with Gasteiger partial charge in [0.25, 0.3) is 5.91 Å². The van der Waals surface area contributed by atoms with Crippen molar-refractivity contribution in [1.82, 2.24) is 20.8 Å². The second kappa shape index (κ2) is 8.07. The molecule has 2 aromatic heterocycles. The van der Waals surface area contributed by atoms with Crippen molar-refractivity contribution in [3.05, 3.63) is 47.1 Å². The van der Waals surface area contributed by atoms with E-state index in [-0.39, 0.29) is 11.8 Å². The molecule has 0 aliphatic rings. The average Bonchev–Trinajstić information content (AvgIpc) is 2.88. The Balaban J connectivity index is 1.64. The van der Waals surface area contributed by atoms with Crippen LogP contribution in [-0.2, 0) is 11.2 Å². The van der Waals surface area contributed by atoms with E-state index < -0.39 is 0 Å². The Kier molecular flexibility index (Phi) is 5.85. The lowest BCUT2D eigenvalue weighted by atomic mass is 10.1. The van der Waals surface area contributed by atoms with E-state index in [9.17, 15) is 9.59 Å². The van der Waals surface area contributed by atoms with Gasteiger partial charge in [-0.25, -0.2) is 0 Å². The third kappa shape index (κ3) is 4.91. The molecule has 2 amide bonds. The molecule has 7 heteroatoms. The van der Waals surface area contributed by atoms with Crippen molar-refractivity contribution in [1.29, 1.82) is 0 Å². The molecule has 0 aromatic carbocycles. The fourth-order valence-electron chi connectivity index (χ4n) is 2.16. The first-order valence-electron chi connectivity index (χ1n) is 7.44. The van der Waals surface area contributed by atoms with E-state index in [1.54, 1.807) is 18.3 Å². The van der Waals surface area contributed by atoms with Gasteiger partial charge >= 0.3 is 0 Å². The maximum Gasteiger partial charge on any atom is 0.252 e. The third-order valence-corrected chi connectivity index (χ3v) is 3.44. The number of pyridine rings is 1. The lowest BCUT2D eigenvalue weighted by Crippen LogP contribution is -2.34. The maximum absolute atomic E-state index is 11.8. The molecule has 0 aliphatic heterocycles. The SMILES string of the molecule is Cc1noc(C)c1CCC(=O)NCCNC(=O)c1cccnc1. The monoisotopic (exact) mass is 316 g/mol. The summed E-state index contributed by atoms with van der Waals surface area (Å²) in [5.41, 5.74) is 2.29. The second-order valence-electron chi connectivity index (χ2n) is 5.15. The number of nitrogens with one attached hydrogen (secondary N) is 2. The van der Waals surface area contributed by atoms with E-state index in [1.165, 1.54) is 6.20 Å². The lowest BCUT2D eigenvalue weighted by Gasteiger charge is -2.07. The van der Waals surface area contributed by atoms with Crippen LogP contribution in [0.3, 0.4) is 0 Å². The molecule has 0 spiro atoms. The first-order valence-corrected chi connectivity index (χ1v) is 7.44. The highest BCUT2D eigenvalue weighted by Crippen LogP contribution is 2.13. The molecule has 0 saturated heterocycles. The van der Waals surface area contributed by atoms with E-state index in [0.29, 0.717) is 31.5 Å². The highest BCUT2D eigenvalue weighted by Gasteiger charge is 2.11. The fourth-order valence-corrected chi connectivity index (χ4v) is 2.16. The van der Waals surface area contributed by atoms with Crippen LogP contribution in [0.15, 0.2) is 29.0 Å². The fraction of sp³-hybridized carbons (Fsp3) is 0.375. The number of carbonyl (C=O) groups excluding carboxylic acids is 2. The number of hydrogen-bond acceptors (Lipinski definition) is 5. The largest absolute Gasteiger partial charge is 0.361 e. The van der Waals surface area contributed by atoms with E-state index in [4.69, 9.17) is 4.52 Å². The van der Waals surface area contributed by atoms with Gasteiger partial charge in [-0.05, 0) is 32.4 Å². The molecule has 23 heavy (non-hydrogen) atoms. The molecular weight excluding hydrogens is 296 g/mol. The first-order chi connectivity index (χ1) is 11.1. The van der Waals surface area contributed by atoms with E-state index >= 15 is 0 Å². The molecule has 122 valence electrons. The Hall–Kier alpha value is -2.70. The highest BCUT2D eigenvalue weighted by molar-refractivity contribution is 5.93. The van der Waals surface area contributed by atoms with Gasteiger partial charge in [-0.3, -0.25) is 14.6 Å². The van der Waals surface area contributed by atoms with Crippen molar-refractivity contribution in [3.8, 4) is 0 Å². The van der Waals surface area contributed by atoms with Crippen LogP contribution in [-0.4, -0.2) is 35.0 Å². The standard InChI is InChI=1S/C16H20N4O3/c1-11-14(12(2)23-20-11)5-6-15(21)18-8-9-19-16(22)13-4-3-7-17-10-13/h3-4,7,10H,5-6,8-9H2,1-2H3,(H,18,21)(H,19,22). The van der Waals surface area contributed by atoms with Crippen LogP contribution in [0.1, 0.15) is 33.8 Å². The van der Waals surface area contributed by atoms with Gasteiger partial charge in [-0.15, -0.1) is 0 Å². The maximum atomic E-state index is 11.8. The predicted octanol–water partition coefficient (Wildman–Crippen LogP) is 1.17. The van der Waals surface area contributed by atoms with Gasteiger partial charge in [0.15, 0.2) is 0 Å². The number of aromatic nitrogens is 2. The molecular formula is C16H20N4O3. The summed E-state index contributed by atoms with van der Waals surface area (Å²) >= 11 is 0. The Labute approximate surface area is 134 Å². The lowest BCUT2D eigenvalue weighted by molar-refractivity contribution is -0.121. The van der Waals surface area contributed by atoms with Crippen LogP contribution in [0.5, 0.6) is 0 Å². The van der Waals surface area contributed by atoms with Crippen molar-refractivity contribution in [3.63, 3.8) is 0 Å². The van der Waals surface area contributed by atoms with Gasteiger partial charge in [-0.1, -0.05) is 5.16 Å². The molecule has 0 aliphatic carbocycles. The van der Waals surface area contributed by atoms with E-state index in [0.717, 1.165) is 17.0 Å². The Bertz CT molecular complexity index is 648. The Morgan fingerprint density at radius 1 is 1.22 bits per heavy atom. The normalized spacial score (nSPS) is 10.3.